The quantitative estimate of drug-likeness (QED) is 0.514. The Bertz CT molecular complexity index is 868. The number of benzene rings is 2. The third kappa shape index (κ3) is 4.83. The van der Waals surface area contributed by atoms with E-state index < -0.39 is 5.91 Å². The largest absolute Gasteiger partial charge is 0.486 e. The minimum absolute atomic E-state index is 0.190. The number of ether oxygens (including phenoxy) is 1. The average molecular weight is 348 g/mol. The zero-order valence-corrected chi connectivity index (χ0v) is 14.5. The fourth-order valence-corrected chi connectivity index (χ4v) is 2.31. The Hall–Kier alpha value is -3.34. The van der Waals surface area contributed by atoms with Crippen LogP contribution in [0.2, 0.25) is 0 Å². The molecule has 0 saturated heterocycles. The molecule has 2 aromatic carbocycles. The van der Waals surface area contributed by atoms with Crippen molar-refractivity contribution in [2.45, 2.75) is 20.0 Å². The van der Waals surface area contributed by atoms with Gasteiger partial charge in [-0.1, -0.05) is 49.4 Å². The maximum absolute atomic E-state index is 12.1. The molecule has 5 nitrogen and oxygen atoms in total. The number of hydrogen-bond acceptors (Lipinski definition) is 4. The minimum Gasteiger partial charge on any atom is -0.486 e. The summed E-state index contributed by atoms with van der Waals surface area (Å²) >= 11 is 0. The summed E-state index contributed by atoms with van der Waals surface area (Å²) < 4.78 is 11.1. The fraction of sp³-hybridized carbons (Fsp3) is 0.143. The zero-order chi connectivity index (χ0) is 18.2. The highest BCUT2D eigenvalue weighted by molar-refractivity contribution is 5.92. The van der Waals surface area contributed by atoms with E-state index in [-0.39, 0.29) is 12.4 Å². The summed E-state index contributed by atoms with van der Waals surface area (Å²) in [6, 6.07) is 20.7. The van der Waals surface area contributed by atoms with Crippen LogP contribution >= 0.6 is 0 Å². The lowest BCUT2D eigenvalue weighted by molar-refractivity contribution is 0.0923. The van der Waals surface area contributed by atoms with Gasteiger partial charge in [0, 0.05) is 0 Å². The Balaban J connectivity index is 1.51. The summed E-state index contributed by atoms with van der Waals surface area (Å²) in [4.78, 5) is 12.1. The van der Waals surface area contributed by atoms with E-state index in [0.29, 0.717) is 5.76 Å². The molecule has 0 aliphatic carbocycles. The first-order chi connectivity index (χ1) is 12.7. The minimum atomic E-state index is -0.405. The summed E-state index contributed by atoms with van der Waals surface area (Å²) in [7, 11) is 0. The van der Waals surface area contributed by atoms with Crippen molar-refractivity contribution in [3.05, 3.63) is 89.4 Å². The third-order valence-electron chi connectivity index (χ3n) is 3.78. The van der Waals surface area contributed by atoms with E-state index in [1.165, 1.54) is 5.56 Å². The third-order valence-corrected chi connectivity index (χ3v) is 3.78. The van der Waals surface area contributed by atoms with Gasteiger partial charge in [0.2, 0.25) is 0 Å². The number of rotatable bonds is 7. The highest BCUT2D eigenvalue weighted by Crippen LogP contribution is 2.14. The molecule has 1 aromatic heterocycles. The van der Waals surface area contributed by atoms with E-state index in [1.54, 1.807) is 18.3 Å². The van der Waals surface area contributed by atoms with Crippen molar-refractivity contribution in [1.82, 2.24) is 5.43 Å². The number of para-hydroxylation sites is 1. The highest BCUT2D eigenvalue weighted by atomic mass is 16.5. The van der Waals surface area contributed by atoms with Gasteiger partial charge in [0.05, 0.1) is 6.21 Å². The van der Waals surface area contributed by atoms with E-state index in [9.17, 15) is 4.79 Å². The number of amides is 1. The number of nitrogens with one attached hydrogen (secondary N) is 1. The molecular weight excluding hydrogens is 328 g/mol. The van der Waals surface area contributed by atoms with Crippen molar-refractivity contribution in [2.75, 3.05) is 0 Å². The second-order valence-electron chi connectivity index (χ2n) is 5.66. The fourth-order valence-electron chi connectivity index (χ4n) is 2.31. The van der Waals surface area contributed by atoms with Crippen LogP contribution in [-0.2, 0) is 13.0 Å². The molecular formula is C21H20N2O3. The van der Waals surface area contributed by atoms with Crippen LogP contribution in [0.25, 0.3) is 0 Å². The molecule has 1 heterocycles. The van der Waals surface area contributed by atoms with Crippen molar-refractivity contribution in [3.8, 4) is 5.75 Å². The molecule has 3 rings (SSSR count). The van der Waals surface area contributed by atoms with Crippen LogP contribution in [0, 0.1) is 0 Å². The van der Waals surface area contributed by atoms with Gasteiger partial charge in [-0.25, -0.2) is 5.43 Å². The van der Waals surface area contributed by atoms with Crippen molar-refractivity contribution >= 4 is 12.1 Å². The Morgan fingerprint density at radius 1 is 1.08 bits per heavy atom. The van der Waals surface area contributed by atoms with Crippen LogP contribution < -0.4 is 10.2 Å². The Labute approximate surface area is 152 Å². The molecule has 0 aliphatic heterocycles. The molecule has 0 radical (unpaired) electrons. The molecule has 0 bridgehead atoms. The highest BCUT2D eigenvalue weighted by Gasteiger charge is 2.10. The molecule has 1 amide bonds. The van der Waals surface area contributed by atoms with E-state index in [2.05, 4.69) is 17.5 Å². The molecule has 0 fully saturated rings. The Kier molecular flexibility index (Phi) is 5.83. The van der Waals surface area contributed by atoms with Crippen molar-refractivity contribution in [2.24, 2.45) is 5.10 Å². The van der Waals surface area contributed by atoms with Crippen LogP contribution in [0.5, 0.6) is 5.75 Å². The van der Waals surface area contributed by atoms with E-state index in [1.807, 2.05) is 54.6 Å². The van der Waals surface area contributed by atoms with Gasteiger partial charge >= 0.3 is 5.91 Å². The first-order valence-corrected chi connectivity index (χ1v) is 8.43. The van der Waals surface area contributed by atoms with Gasteiger partial charge in [0.1, 0.15) is 18.1 Å². The lowest BCUT2D eigenvalue weighted by atomic mass is 10.1. The second kappa shape index (κ2) is 8.67. The number of aryl methyl sites for hydroxylation is 1. The van der Waals surface area contributed by atoms with Crippen molar-refractivity contribution < 1.29 is 13.9 Å². The lowest BCUT2D eigenvalue weighted by Crippen LogP contribution is -2.16. The van der Waals surface area contributed by atoms with Crippen LogP contribution in [0.15, 0.2) is 76.2 Å². The van der Waals surface area contributed by atoms with Gasteiger partial charge in [0.25, 0.3) is 0 Å². The topological polar surface area (TPSA) is 63.8 Å². The van der Waals surface area contributed by atoms with Gasteiger partial charge in [-0.2, -0.15) is 5.10 Å². The van der Waals surface area contributed by atoms with Crippen LogP contribution in [0.3, 0.4) is 0 Å². The Morgan fingerprint density at radius 2 is 1.85 bits per heavy atom. The van der Waals surface area contributed by atoms with Gasteiger partial charge in [-0.05, 0) is 41.8 Å². The predicted octanol–water partition coefficient (Wildman–Crippen LogP) is 4.18. The predicted molar refractivity (Wildman–Crippen MR) is 100 cm³/mol. The summed E-state index contributed by atoms with van der Waals surface area (Å²) in [5, 5.41) is 3.96. The number of nitrogens with zero attached hydrogens (tertiary/aromatic N) is 1. The summed E-state index contributed by atoms with van der Waals surface area (Å²) in [5.41, 5.74) is 4.63. The molecule has 5 heteroatoms. The van der Waals surface area contributed by atoms with E-state index >= 15 is 0 Å². The molecule has 3 aromatic rings. The molecule has 0 spiro atoms. The molecule has 0 atom stereocenters. The standard InChI is InChI=1S/C21H20N2O3/c1-2-16-8-10-17(11-9-16)14-22-23-21(24)20-13-12-19(26-20)15-25-18-6-4-3-5-7-18/h3-14H,2,15H2,1H3,(H,23,24)/b22-14-. The van der Waals surface area contributed by atoms with E-state index in [4.69, 9.17) is 9.15 Å². The number of carbonyl (C=O) groups is 1. The summed E-state index contributed by atoms with van der Waals surface area (Å²) in [5.74, 6) is 1.10. The van der Waals surface area contributed by atoms with Crippen LogP contribution in [-0.4, -0.2) is 12.1 Å². The number of hydrogen-bond donors (Lipinski definition) is 1. The number of furan rings is 1. The Morgan fingerprint density at radius 3 is 2.58 bits per heavy atom. The van der Waals surface area contributed by atoms with Crippen LogP contribution in [0.1, 0.15) is 34.4 Å². The van der Waals surface area contributed by atoms with E-state index in [0.717, 1.165) is 17.7 Å². The molecule has 0 unspecified atom stereocenters. The summed E-state index contributed by atoms with van der Waals surface area (Å²) in [6.07, 6.45) is 2.59. The number of carbonyl (C=O) groups excluding carboxylic acids is 1. The van der Waals surface area contributed by atoms with Gasteiger partial charge in [-0.15, -0.1) is 0 Å². The normalized spacial score (nSPS) is 10.8. The second-order valence-corrected chi connectivity index (χ2v) is 5.66. The van der Waals surface area contributed by atoms with Gasteiger partial charge < -0.3 is 9.15 Å². The average Bonchev–Trinajstić information content (AvgIpc) is 3.17. The van der Waals surface area contributed by atoms with Crippen molar-refractivity contribution in [1.29, 1.82) is 0 Å². The summed E-state index contributed by atoms with van der Waals surface area (Å²) in [6.45, 7) is 2.36. The maximum Gasteiger partial charge on any atom is 0.307 e. The number of hydrazone groups is 1. The molecule has 0 saturated carbocycles. The first-order valence-electron chi connectivity index (χ1n) is 8.43. The maximum atomic E-state index is 12.1. The zero-order valence-electron chi connectivity index (χ0n) is 14.5. The molecule has 1 N–H and O–H groups in total. The lowest BCUT2D eigenvalue weighted by Gasteiger charge is -2.03. The van der Waals surface area contributed by atoms with Gasteiger partial charge in [0.15, 0.2) is 5.76 Å². The van der Waals surface area contributed by atoms with Gasteiger partial charge in [-0.3, -0.25) is 4.79 Å². The molecule has 0 aliphatic rings. The SMILES string of the molecule is CCc1ccc(/C=N\NC(=O)c2ccc(COc3ccccc3)o2)cc1. The van der Waals surface area contributed by atoms with Crippen LogP contribution in [0.4, 0.5) is 0 Å². The smallest absolute Gasteiger partial charge is 0.307 e. The first kappa shape index (κ1) is 17.5. The monoisotopic (exact) mass is 348 g/mol. The molecule has 26 heavy (non-hydrogen) atoms. The molecule has 132 valence electrons. The van der Waals surface area contributed by atoms with Crippen molar-refractivity contribution in [3.63, 3.8) is 0 Å².